The van der Waals surface area contributed by atoms with E-state index in [1.165, 1.54) is 12.1 Å². The van der Waals surface area contributed by atoms with E-state index in [9.17, 15) is 9.18 Å². The second-order valence-electron chi connectivity index (χ2n) is 5.13. The molecule has 0 aliphatic carbocycles. The molecule has 2 N–H and O–H groups in total. The predicted molar refractivity (Wildman–Crippen MR) is 90.9 cm³/mol. The van der Waals surface area contributed by atoms with E-state index in [-0.39, 0.29) is 11.8 Å². The van der Waals surface area contributed by atoms with E-state index in [1.807, 2.05) is 6.07 Å². The molecule has 0 aliphatic heterocycles. The Morgan fingerprint density at radius 3 is 2.62 bits per heavy atom. The average molecular weight is 332 g/mol. The van der Waals surface area contributed by atoms with Gasteiger partial charge < -0.3 is 20.1 Å². The van der Waals surface area contributed by atoms with Crippen molar-refractivity contribution in [1.29, 1.82) is 0 Å². The highest BCUT2D eigenvalue weighted by Crippen LogP contribution is 2.15. The molecular weight excluding hydrogens is 311 g/mol. The van der Waals surface area contributed by atoms with Crippen LogP contribution in [0.15, 0.2) is 48.5 Å². The van der Waals surface area contributed by atoms with Crippen LogP contribution in [0.4, 0.5) is 14.9 Å². The van der Waals surface area contributed by atoms with Crippen molar-refractivity contribution in [2.45, 2.75) is 6.42 Å². The number of benzene rings is 2. The minimum atomic E-state index is -0.306. The summed E-state index contributed by atoms with van der Waals surface area (Å²) < 4.78 is 23.4. The Bertz CT molecular complexity index is 647. The molecule has 0 atom stereocenters. The Morgan fingerprint density at radius 2 is 1.92 bits per heavy atom. The summed E-state index contributed by atoms with van der Waals surface area (Å²) in [5.74, 6) is 0.439. The molecule has 5 nitrogen and oxygen atoms in total. The number of nitrogens with one attached hydrogen (secondary N) is 2. The molecule has 0 spiro atoms. The molecule has 6 heteroatoms. The van der Waals surface area contributed by atoms with Crippen LogP contribution < -0.4 is 15.4 Å². The largest absolute Gasteiger partial charge is 0.491 e. The average Bonchev–Trinajstić information content (AvgIpc) is 2.57. The van der Waals surface area contributed by atoms with Crippen LogP contribution in [0.2, 0.25) is 0 Å². The maximum Gasteiger partial charge on any atom is 0.319 e. The second-order valence-corrected chi connectivity index (χ2v) is 5.13. The van der Waals surface area contributed by atoms with Crippen LogP contribution in [0, 0.1) is 5.82 Å². The van der Waals surface area contributed by atoms with Gasteiger partial charge in [-0.3, -0.25) is 0 Å². The Kier molecular flexibility index (Phi) is 7.04. The fraction of sp³-hybridized carbons (Fsp3) is 0.278. The summed E-state index contributed by atoms with van der Waals surface area (Å²) in [6.45, 7) is 1.42. The first kappa shape index (κ1) is 17.7. The molecule has 2 aromatic rings. The number of rotatable bonds is 8. The Labute approximate surface area is 140 Å². The smallest absolute Gasteiger partial charge is 0.319 e. The van der Waals surface area contributed by atoms with E-state index in [4.69, 9.17) is 9.47 Å². The maximum atomic E-state index is 13.1. The van der Waals surface area contributed by atoms with Crippen molar-refractivity contribution in [3.8, 4) is 5.75 Å². The monoisotopic (exact) mass is 332 g/mol. The number of hydrogen-bond donors (Lipinski definition) is 2. The Hall–Kier alpha value is -2.60. The third-order valence-corrected chi connectivity index (χ3v) is 3.26. The van der Waals surface area contributed by atoms with Crippen LogP contribution in [0.5, 0.6) is 5.75 Å². The lowest BCUT2D eigenvalue weighted by Gasteiger charge is -2.09. The summed E-state index contributed by atoms with van der Waals surface area (Å²) in [5.41, 5.74) is 1.50. The van der Waals surface area contributed by atoms with Gasteiger partial charge in [0.2, 0.25) is 0 Å². The van der Waals surface area contributed by atoms with E-state index in [1.54, 1.807) is 37.4 Å². The zero-order chi connectivity index (χ0) is 17.2. The summed E-state index contributed by atoms with van der Waals surface area (Å²) in [5, 5.41) is 5.47. The quantitative estimate of drug-likeness (QED) is 0.730. The van der Waals surface area contributed by atoms with Gasteiger partial charge in [-0.05, 0) is 48.4 Å². The van der Waals surface area contributed by atoms with Crippen molar-refractivity contribution in [3.05, 3.63) is 59.9 Å². The van der Waals surface area contributed by atoms with Gasteiger partial charge in [0.25, 0.3) is 0 Å². The molecule has 0 aliphatic rings. The fourth-order valence-electron chi connectivity index (χ4n) is 2.07. The lowest BCUT2D eigenvalue weighted by Crippen LogP contribution is -2.30. The standard InChI is InChI=1S/C18H21FN2O3/c1-23-11-12-24-17-7-5-16(6-8-17)21-18(22)20-10-9-14-3-2-4-15(19)13-14/h2-8,13H,9-12H2,1H3,(H2,20,21,22). The summed E-state index contributed by atoms with van der Waals surface area (Å²) in [6.07, 6.45) is 0.567. The highest BCUT2D eigenvalue weighted by atomic mass is 19.1. The van der Waals surface area contributed by atoms with Crippen LogP contribution >= 0.6 is 0 Å². The molecule has 0 fully saturated rings. The van der Waals surface area contributed by atoms with Gasteiger partial charge in [-0.2, -0.15) is 0 Å². The molecule has 0 saturated carbocycles. The lowest BCUT2D eigenvalue weighted by molar-refractivity contribution is 0.146. The molecule has 0 aromatic heterocycles. The molecule has 2 rings (SSSR count). The van der Waals surface area contributed by atoms with E-state index in [0.29, 0.717) is 37.6 Å². The van der Waals surface area contributed by atoms with E-state index < -0.39 is 0 Å². The van der Waals surface area contributed by atoms with Crippen LogP contribution in [0.3, 0.4) is 0 Å². The van der Waals surface area contributed by atoms with E-state index in [0.717, 1.165) is 5.56 Å². The van der Waals surface area contributed by atoms with E-state index >= 15 is 0 Å². The molecular formula is C18H21FN2O3. The Morgan fingerprint density at radius 1 is 1.12 bits per heavy atom. The molecule has 0 saturated heterocycles. The third-order valence-electron chi connectivity index (χ3n) is 3.26. The summed E-state index contributed by atoms with van der Waals surface area (Å²) in [6, 6.07) is 13.1. The van der Waals surface area contributed by atoms with E-state index in [2.05, 4.69) is 10.6 Å². The molecule has 0 radical (unpaired) electrons. The van der Waals surface area contributed by atoms with Gasteiger partial charge in [0, 0.05) is 19.3 Å². The lowest BCUT2D eigenvalue weighted by atomic mass is 10.1. The zero-order valence-electron chi connectivity index (χ0n) is 13.5. The highest BCUT2D eigenvalue weighted by molar-refractivity contribution is 5.89. The number of halogens is 1. The third kappa shape index (κ3) is 6.26. The van der Waals surface area contributed by atoms with Crippen molar-refractivity contribution in [2.24, 2.45) is 0 Å². The van der Waals surface area contributed by atoms with Crippen LogP contribution in [-0.2, 0) is 11.2 Å². The first-order valence-corrected chi connectivity index (χ1v) is 7.68. The van der Waals surface area contributed by atoms with Crippen LogP contribution in [0.25, 0.3) is 0 Å². The zero-order valence-corrected chi connectivity index (χ0v) is 13.5. The topological polar surface area (TPSA) is 59.6 Å². The number of ether oxygens (including phenoxy) is 2. The number of carbonyl (C=O) groups excluding carboxylic acids is 1. The second kappa shape index (κ2) is 9.52. The number of urea groups is 1. The highest BCUT2D eigenvalue weighted by Gasteiger charge is 2.02. The van der Waals surface area contributed by atoms with Gasteiger partial charge in [-0.1, -0.05) is 12.1 Å². The van der Waals surface area contributed by atoms with Crippen molar-refractivity contribution in [2.75, 3.05) is 32.2 Å². The fourth-order valence-corrected chi connectivity index (χ4v) is 2.07. The number of hydrogen-bond acceptors (Lipinski definition) is 3. The molecule has 24 heavy (non-hydrogen) atoms. The number of amides is 2. The van der Waals surface area contributed by atoms with Crippen molar-refractivity contribution in [3.63, 3.8) is 0 Å². The van der Waals surface area contributed by atoms with Gasteiger partial charge in [0.05, 0.1) is 6.61 Å². The molecule has 2 aromatic carbocycles. The van der Waals surface area contributed by atoms with Crippen LogP contribution in [0.1, 0.15) is 5.56 Å². The molecule has 0 unspecified atom stereocenters. The van der Waals surface area contributed by atoms with Crippen molar-refractivity contribution in [1.82, 2.24) is 5.32 Å². The maximum absolute atomic E-state index is 13.1. The number of methoxy groups -OCH3 is 1. The first-order valence-electron chi connectivity index (χ1n) is 7.68. The van der Waals surface area contributed by atoms with Gasteiger partial charge >= 0.3 is 6.03 Å². The van der Waals surface area contributed by atoms with Gasteiger partial charge in [0.1, 0.15) is 18.2 Å². The Balaban J connectivity index is 1.71. The minimum absolute atomic E-state index is 0.273. The molecule has 0 bridgehead atoms. The van der Waals surface area contributed by atoms with Crippen molar-refractivity contribution < 1.29 is 18.7 Å². The van der Waals surface area contributed by atoms with Gasteiger partial charge in [-0.25, -0.2) is 9.18 Å². The molecule has 128 valence electrons. The normalized spacial score (nSPS) is 10.2. The van der Waals surface area contributed by atoms with Crippen molar-refractivity contribution >= 4 is 11.7 Å². The summed E-state index contributed by atoms with van der Waals surface area (Å²) in [4.78, 5) is 11.8. The summed E-state index contributed by atoms with van der Waals surface area (Å²) in [7, 11) is 1.61. The van der Waals surface area contributed by atoms with Gasteiger partial charge in [-0.15, -0.1) is 0 Å². The van der Waals surface area contributed by atoms with Gasteiger partial charge in [0.15, 0.2) is 0 Å². The van der Waals surface area contributed by atoms with Crippen LogP contribution in [-0.4, -0.2) is 32.9 Å². The molecule has 2 amide bonds. The number of carbonyl (C=O) groups is 1. The SMILES string of the molecule is COCCOc1ccc(NC(=O)NCCc2cccc(F)c2)cc1. The number of anilines is 1. The first-order chi connectivity index (χ1) is 11.7. The molecule has 0 heterocycles. The minimum Gasteiger partial charge on any atom is -0.491 e. The summed E-state index contributed by atoms with van der Waals surface area (Å²) >= 11 is 0. The predicted octanol–water partition coefficient (Wildman–Crippen LogP) is 3.22.